The molecule has 10 nitrogen and oxygen atoms in total. The highest BCUT2D eigenvalue weighted by Gasteiger charge is 2.20. The van der Waals surface area contributed by atoms with Gasteiger partial charge in [-0.25, -0.2) is 0 Å². The Morgan fingerprint density at radius 2 is 1.94 bits per heavy atom. The molecule has 0 aliphatic heterocycles. The van der Waals surface area contributed by atoms with Crippen molar-refractivity contribution in [2.75, 3.05) is 12.4 Å². The van der Waals surface area contributed by atoms with E-state index in [-0.39, 0.29) is 18.4 Å². The third-order valence-corrected chi connectivity index (χ3v) is 6.45. The molecule has 0 saturated heterocycles. The topological polar surface area (TPSA) is 124 Å². The Kier molecular flexibility index (Phi) is 7.58. The van der Waals surface area contributed by atoms with Crippen molar-refractivity contribution in [1.29, 1.82) is 0 Å². The molecule has 31 heavy (non-hydrogen) atoms. The summed E-state index contributed by atoms with van der Waals surface area (Å²) >= 11 is 2.63. The van der Waals surface area contributed by atoms with Gasteiger partial charge in [0.05, 0.1) is 18.9 Å². The normalized spacial score (nSPS) is 11.7. The first kappa shape index (κ1) is 22.7. The van der Waals surface area contributed by atoms with Crippen LogP contribution in [0, 0.1) is 0 Å². The number of amides is 2. The standard InChI is InChI=1S/C19H23N7O3S2/c1-5-15-23-24-18(31-15)21-16(27)11(2)30-19-25-22-14(26(19)3)10-20-17(28)12-6-8-13(29-4)9-7-12/h6-9,11H,5,10H2,1-4H3,(H,20,28)(H,21,24,27). The zero-order valence-corrected chi connectivity index (χ0v) is 19.2. The Morgan fingerprint density at radius 3 is 2.58 bits per heavy atom. The largest absolute Gasteiger partial charge is 0.497 e. The van der Waals surface area contributed by atoms with Gasteiger partial charge < -0.3 is 14.6 Å². The molecule has 2 N–H and O–H groups in total. The number of hydrogen-bond acceptors (Lipinski definition) is 9. The van der Waals surface area contributed by atoms with E-state index in [2.05, 4.69) is 31.0 Å². The van der Waals surface area contributed by atoms with E-state index in [4.69, 9.17) is 4.74 Å². The first-order valence-electron chi connectivity index (χ1n) is 9.51. The number of ether oxygens (including phenoxy) is 1. The van der Waals surface area contributed by atoms with Crippen molar-refractivity contribution in [3.8, 4) is 5.75 Å². The molecule has 3 rings (SSSR count). The van der Waals surface area contributed by atoms with Gasteiger partial charge in [-0.15, -0.1) is 20.4 Å². The second kappa shape index (κ2) is 10.4. The van der Waals surface area contributed by atoms with Gasteiger partial charge in [0.1, 0.15) is 10.8 Å². The van der Waals surface area contributed by atoms with Gasteiger partial charge in [0, 0.05) is 12.6 Å². The molecule has 0 radical (unpaired) electrons. The number of aryl methyl sites for hydroxylation is 1. The van der Waals surface area contributed by atoms with Crippen molar-refractivity contribution in [2.24, 2.45) is 7.05 Å². The Bertz CT molecular complexity index is 1050. The van der Waals surface area contributed by atoms with Crippen LogP contribution in [0.1, 0.15) is 35.0 Å². The van der Waals surface area contributed by atoms with Crippen LogP contribution < -0.4 is 15.4 Å². The van der Waals surface area contributed by atoms with Gasteiger partial charge in [-0.1, -0.05) is 30.0 Å². The number of nitrogens with zero attached hydrogens (tertiary/aromatic N) is 5. The number of carbonyl (C=O) groups is 2. The molecule has 3 aromatic rings. The summed E-state index contributed by atoms with van der Waals surface area (Å²) in [5, 5.41) is 23.3. The van der Waals surface area contributed by atoms with Crippen LogP contribution in [0.2, 0.25) is 0 Å². The summed E-state index contributed by atoms with van der Waals surface area (Å²) in [6.07, 6.45) is 0.772. The highest BCUT2D eigenvalue weighted by atomic mass is 32.2. The molecular formula is C19H23N7O3S2. The minimum Gasteiger partial charge on any atom is -0.497 e. The molecule has 0 fully saturated rings. The van der Waals surface area contributed by atoms with Crippen LogP contribution in [-0.4, -0.2) is 49.1 Å². The molecule has 0 saturated carbocycles. The molecule has 164 valence electrons. The van der Waals surface area contributed by atoms with Gasteiger partial charge in [0.2, 0.25) is 11.0 Å². The van der Waals surface area contributed by atoms with Crippen molar-refractivity contribution in [2.45, 2.75) is 37.2 Å². The summed E-state index contributed by atoms with van der Waals surface area (Å²) in [6, 6.07) is 6.83. The maximum Gasteiger partial charge on any atom is 0.251 e. The van der Waals surface area contributed by atoms with E-state index in [0.717, 1.165) is 11.4 Å². The summed E-state index contributed by atoms with van der Waals surface area (Å²) < 4.78 is 6.85. The fourth-order valence-corrected chi connectivity index (χ4v) is 3.99. The van der Waals surface area contributed by atoms with Gasteiger partial charge in [-0.05, 0) is 37.6 Å². The highest BCUT2D eigenvalue weighted by molar-refractivity contribution is 8.00. The molecule has 0 aliphatic rings. The molecule has 2 amide bonds. The van der Waals surface area contributed by atoms with Crippen LogP contribution in [0.15, 0.2) is 29.4 Å². The van der Waals surface area contributed by atoms with Gasteiger partial charge in [0.15, 0.2) is 11.0 Å². The second-order valence-corrected chi connectivity index (χ2v) is 8.84. The minimum absolute atomic E-state index is 0.193. The molecule has 1 atom stereocenters. The number of aromatic nitrogens is 5. The Labute approximate surface area is 187 Å². The second-order valence-electron chi connectivity index (χ2n) is 6.47. The number of anilines is 1. The van der Waals surface area contributed by atoms with Crippen LogP contribution in [0.3, 0.4) is 0 Å². The third kappa shape index (κ3) is 5.79. The average Bonchev–Trinajstić information content (AvgIpc) is 3.38. The Hall–Kier alpha value is -2.99. The zero-order valence-electron chi connectivity index (χ0n) is 17.6. The number of hydrogen-bond donors (Lipinski definition) is 2. The van der Waals surface area contributed by atoms with E-state index in [1.54, 1.807) is 49.9 Å². The molecule has 1 unspecified atom stereocenters. The predicted molar refractivity (Wildman–Crippen MR) is 118 cm³/mol. The SMILES string of the molecule is CCc1nnc(NC(=O)C(C)Sc2nnc(CNC(=O)c3ccc(OC)cc3)n2C)s1. The Balaban J connectivity index is 1.54. The van der Waals surface area contributed by atoms with Gasteiger partial charge in [0.25, 0.3) is 5.91 Å². The summed E-state index contributed by atoms with van der Waals surface area (Å²) in [5.41, 5.74) is 0.519. The van der Waals surface area contributed by atoms with Crippen LogP contribution in [0.5, 0.6) is 5.75 Å². The quantitative estimate of drug-likeness (QED) is 0.465. The average molecular weight is 462 g/mol. The van der Waals surface area contributed by atoms with Crippen molar-refractivity contribution in [3.05, 3.63) is 40.7 Å². The van der Waals surface area contributed by atoms with Crippen LogP contribution in [-0.2, 0) is 24.8 Å². The van der Waals surface area contributed by atoms with Crippen molar-refractivity contribution in [3.63, 3.8) is 0 Å². The van der Waals surface area contributed by atoms with Crippen LogP contribution >= 0.6 is 23.1 Å². The molecule has 12 heteroatoms. The lowest BCUT2D eigenvalue weighted by atomic mass is 10.2. The maximum atomic E-state index is 12.4. The molecular weight excluding hydrogens is 438 g/mol. The van der Waals surface area contributed by atoms with Crippen LogP contribution in [0.25, 0.3) is 0 Å². The van der Waals surface area contributed by atoms with E-state index in [9.17, 15) is 9.59 Å². The first-order chi connectivity index (χ1) is 14.9. The molecule has 2 heterocycles. The van der Waals surface area contributed by atoms with Gasteiger partial charge >= 0.3 is 0 Å². The number of methoxy groups -OCH3 is 1. The summed E-state index contributed by atoms with van der Waals surface area (Å²) in [7, 11) is 3.36. The van der Waals surface area contributed by atoms with E-state index in [0.29, 0.717) is 27.4 Å². The lowest BCUT2D eigenvalue weighted by Crippen LogP contribution is -2.24. The summed E-state index contributed by atoms with van der Waals surface area (Å²) in [6.45, 7) is 3.97. The lowest BCUT2D eigenvalue weighted by molar-refractivity contribution is -0.115. The predicted octanol–water partition coefficient (Wildman–Crippen LogP) is 2.29. The smallest absolute Gasteiger partial charge is 0.251 e. The summed E-state index contributed by atoms with van der Waals surface area (Å²) in [4.78, 5) is 24.8. The molecule has 1 aromatic carbocycles. The Morgan fingerprint density at radius 1 is 1.19 bits per heavy atom. The number of carbonyl (C=O) groups excluding carboxylic acids is 2. The fraction of sp³-hybridized carbons (Fsp3) is 0.368. The van der Waals surface area contributed by atoms with Gasteiger partial charge in [-0.3, -0.25) is 14.9 Å². The van der Waals surface area contributed by atoms with E-state index in [1.807, 2.05) is 6.92 Å². The lowest BCUT2D eigenvalue weighted by Gasteiger charge is -2.10. The number of benzene rings is 1. The molecule has 0 bridgehead atoms. The number of thioether (sulfide) groups is 1. The van der Waals surface area contributed by atoms with E-state index >= 15 is 0 Å². The summed E-state index contributed by atoms with van der Waals surface area (Å²) in [5.74, 6) is 0.840. The van der Waals surface area contributed by atoms with Crippen LogP contribution in [0.4, 0.5) is 5.13 Å². The highest BCUT2D eigenvalue weighted by Crippen LogP contribution is 2.23. The fourth-order valence-electron chi connectivity index (χ4n) is 2.47. The maximum absolute atomic E-state index is 12.4. The zero-order chi connectivity index (χ0) is 22.4. The number of nitrogens with one attached hydrogen (secondary N) is 2. The van der Waals surface area contributed by atoms with Crippen molar-refractivity contribution >= 4 is 40.0 Å². The number of rotatable bonds is 9. The first-order valence-corrected chi connectivity index (χ1v) is 11.2. The molecule has 0 spiro atoms. The molecule has 2 aromatic heterocycles. The molecule has 0 aliphatic carbocycles. The van der Waals surface area contributed by atoms with E-state index < -0.39 is 5.25 Å². The van der Waals surface area contributed by atoms with Crippen molar-refractivity contribution < 1.29 is 14.3 Å². The van der Waals surface area contributed by atoms with Gasteiger partial charge in [-0.2, -0.15) is 0 Å². The monoisotopic (exact) mass is 461 g/mol. The van der Waals surface area contributed by atoms with E-state index in [1.165, 1.54) is 23.1 Å². The third-order valence-electron chi connectivity index (χ3n) is 4.34. The minimum atomic E-state index is -0.418. The van der Waals surface area contributed by atoms with Crippen molar-refractivity contribution in [1.82, 2.24) is 30.3 Å².